The van der Waals surface area contributed by atoms with E-state index in [-0.39, 0.29) is 9.92 Å². The third-order valence-electron chi connectivity index (χ3n) is 1.69. The minimum Gasteiger partial charge on any atom is -0.495 e. The van der Waals surface area contributed by atoms with Gasteiger partial charge in [-0.3, -0.25) is 0 Å². The van der Waals surface area contributed by atoms with Gasteiger partial charge in [-0.1, -0.05) is 11.6 Å². The molecule has 0 aliphatic rings. The summed E-state index contributed by atoms with van der Waals surface area (Å²) in [5, 5.41) is 0.228. The Kier molecular flexibility index (Phi) is 3.29. The Bertz CT molecular complexity index is 431. The number of ether oxygens (including phenoxy) is 1. The number of benzene rings is 1. The van der Waals surface area contributed by atoms with Crippen LogP contribution in [0.25, 0.3) is 0 Å². The first-order valence-corrected chi connectivity index (χ1v) is 6.34. The van der Waals surface area contributed by atoms with Crippen LogP contribution in [0.15, 0.2) is 17.0 Å². The van der Waals surface area contributed by atoms with Gasteiger partial charge in [0.2, 0.25) is 0 Å². The zero-order valence-corrected chi connectivity index (χ0v) is 9.87. The van der Waals surface area contributed by atoms with E-state index in [0.717, 1.165) is 0 Å². The van der Waals surface area contributed by atoms with Crippen molar-refractivity contribution in [1.29, 1.82) is 0 Å². The van der Waals surface area contributed by atoms with Gasteiger partial charge in [0, 0.05) is 10.7 Å². The van der Waals surface area contributed by atoms with Crippen molar-refractivity contribution >= 4 is 31.3 Å². The van der Waals surface area contributed by atoms with Crippen LogP contribution in [0.4, 0.5) is 0 Å². The van der Waals surface area contributed by atoms with Crippen LogP contribution in [0.2, 0.25) is 5.02 Å². The molecule has 78 valence electrons. The van der Waals surface area contributed by atoms with E-state index in [9.17, 15) is 8.42 Å². The maximum absolute atomic E-state index is 11.0. The second kappa shape index (κ2) is 3.96. The van der Waals surface area contributed by atoms with Crippen molar-refractivity contribution in [2.24, 2.45) is 0 Å². The zero-order chi connectivity index (χ0) is 10.9. The van der Waals surface area contributed by atoms with Crippen molar-refractivity contribution in [3.05, 3.63) is 22.7 Å². The molecule has 1 aromatic rings. The molecule has 0 fully saturated rings. The van der Waals surface area contributed by atoms with Gasteiger partial charge in [-0.15, -0.1) is 0 Å². The number of methoxy groups -OCH3 is 1. The normalized spacial score (nSPS) is 11.4. The van der Waals surface area contributed by atoms with Crippen LogP contribution in [0.1, 0.15) is 5.56 Å². The molecule has 0 heterocycles. The third-order valence-corrected chi connectivity index (χ3v) is 3.30. The molecular formula is C8H8Cl2O3S. The summed E-state index contributed by atoms with van der Waals surface area (Å²) < 4.78 is 27.0. The number of aryl methyl sites for hydroxylation is 1. The summed E-state index contributed by atoms with van der Waals surface area (Å²) in [6.45, 7) is 1.69. The van der Waals surface area contributed by atoms with Gasteiger partial charge in [-0.25, -0.2) is 8.42 Å². The van der Waals surface area contributed by atoms with E-state index in [0.29, 0.717) is 11.3 Å². The van der Waals surface area contributed by atoms with E-state index >= 15 is 0 Å². The fourth-order valence-corrected chi connectivity index (χ4v) is 2.35. The standard InChI is InChI=1S/C8H8Cl2O3S/c1-5-3-6(14(10,11)12)4-7(9)8(5)13-2/h3-4H,1-2H3. The quantitative estimate of drug-likeness (QED) is 0.763. The predicted octanol–water partition coefficient (Wildman–Crippen LogP) is 2.58. The number of hydrogen-bond acceptors (Lipinski definition) is 3. The number of hydrogen-bond donors (Lipinski definition) is 0. The lowest BCUT2D eigenvalue weighted by Gasteiger charge is -2.07. The molecule has 0 spiro atoms. The molecular weight excluding hydrogens is 247 g/mol. The first-order valence-electron chi connectivity index (χ1n) is 3.65. The Labute approximate surface area is 92.0 Å². The van der Waals surface area contributed by atoms with Gasteiger partial charge in [0.25, 0.3) is 9.05 Å². The summed E-state index contributed by atoms with van der Waals surface area (Å²) in [5.74, 6) is 0.454. The topological polar surface area (TPSA) is 43.4 Å². The van der Waals surface area contributed by atoms with E-state index in [1.807, 2.05) is 0 Å². The van der Waals surface area contributed by atoms with E-state index in [1.54, 1.807) is 6.92 Å². The smallest absolute Gasteiger partial charge is 0.261 e. The third kappa shape index (κ3) is 2.32. The highest BCUT2D eigenvalue weighted by molar-refractivity contribution is 8.13. The van der Waals surface area contributed by atoms with E-state index < -0.39 is 9.05 Å². The van der Waals surface area contributed by atoms with Gasteiger partial charge in [-0.2, -0.15) is 0 Å². The summed E-state index contributed by atoms with van der Waals surface area (Å²) in [5.41, 5.74) is 0.624. The molecule has 0 aliphatic carbocycles. The molecule has 0 radical (unpaired) electrons. The maximum atomic E-state index is 11.0. The van der Waals surface area contributed by atoms with Crippen LogP contribution in [0, 0.1) is 6.92 Å². The molecule has 6 heteroatoms. The second-order valence-corrected chi connectivity index (χ2v) is 5.67. The lowest BCUT2D eigenvalue weighted by atomic mass is 10.2. The first-order chi connectivity index (χ1) is 6.36. The summed E-state index contributed by atoms with van der Waals surface area (Å²) in [6.07, 6.45) is 0. The fourth-order valence-electron chi connectivity index (χ4n) is 1.10. The van der Waals surface area contributed by atoms with Gasteiger partial charge >= 0.3 is 0 Å². The fraction of sp³-hybridized carbons (Fsp3) is 0.250. The molecule has 14 heavy (non-hydrogen) atoms. The van der Waals surface area contributed by atoms with Crippen LogP contribution in [0.5, 0.6) is 5.75 Å². The Morgan fingerprint density at radius 2 is 1.93 bits per heavy atom. The molecule has 0 aliphatic heterocycles. The monoisotopic (exact) mass is 254 g/mol. The zero-order valence-electron chi connectivity index (χ0n) is 7.54. The van der Waals surface area contributed by atoms with Gasteiger partial charge in [0.05, 0.1) is 17.0 Å². The lowest BCUT2D eigenvalue weighted by molar-refractivity contribution is 0.411. The minimum absolute atomic E-state index is 0.0255. The Morgan fingerprint density at radius 1 is 1.36 bits per heavy atom. The van der Waals surface area contributed by atoms with Crippen molar-refractivity contribution in [1.82, 2.24) is 0 Å². The van der Waals surface area contributed by atoms with Crippen LogP contribution in [-0.2, 0) is 9.05 Å². The van der Waals surface area contributed by atoms with E-state index in [4.69, 9.17) is 27.0 Å². The Balaban J connectivity index is 3.43. The molecule has 1 aromatic carbocycles. The molecule has 0 atom stereocenters. The van der Waals surface area contributed by atoms with Gasteiger partial charge in [0.15, 0.2) is 0 Å². The van der Waals surface area contributed by atoms with Crippen molar-refractivity contribution < 1.29 is 13.2 Å². The molecule has 0 saturated heterocycles. The summed E-state index contributed by atoms with van der Waals surface area (Å²) >= 11 is 5.79. The van der Waals surface area contributed by atoms with E-state index in [2.05, 4.69) is 0 Å². The molecule has 0 saturated carbocycles. The van der Waals surface area contributed by atoms with Crippen molar-refractivity contribution in [3.8, 4) is 5.75 Å². The summed E-state index contributed by atoms with van der Waals surface area (Å²) in [6, 6.07) is 2.67. The largest absolute Gasteiger partial charge is 0.495 e. The molecule has 0 bridgehead atoms. The maximum Gasteiger partial charge on any atom is 0.261 e. The summed E-state index contributed by atoms with van der Waals surface area (Å²) in [7, 11) is 2.89. The molecule has 0 N–H and O–H groups in total. The second-order valence-electron chi connectivity index (χ2n) is 2.69. The van der Waals surface area contributed by atoms with Gasteiger partial charge < -0.3 is 4.74 Å². The molecule has 0 amide bonds. The SMILES string of the molecule is COc1c(C)cc(S(=O)(=O)Cl)cc1Cl. The van der Waals surface area contributed by atoms with Crippen LogP contribution in [-0.4, -0.2) is 15.5 Å². The van der Waals surface area contributed by atoms with E-state index in [1.165, 1.54) is 19.2 Å². The lowest BCUT2D eigenvalue weighted by Crippen LogP contribution is -1.95. The van der Waals surface area contributed by atoms with Crippen molar-refractivity contribution in [2.45, 2.75) is 11.8 Å². The van der Waals surface area contributed by atoms with Crippen LogP contribution < -0.4 is 4.74 Å². The highest BCUT2D eigenvalue weighted by Crippen LogP contribution is 2.32. The average molecular weight is 255 g/mol. The number of halogens is 2. The number of rotatable bonds is 2. The summed E-state index contributed by atoms with van der Waals surface area (Å²) in [4.78, 5) is -0.0255. The minimum atomic E-state index is -3.74. The van der Waals surface area contributed by atoms with Crippen molar-refractivity contribution in [2.75, 3.05) is 7.11 Å². The van der Waals surface area contributed by atoms with Gasteiger partial charge in [0.1, 0.15) is 5.75 Å². The van der Waals surface area contributed by atoms with Crippen molar-refractivity contribution in [3.63, 3.8) is 0 Å². The Morgan fingerprint density at radius 3 is 2.29 bits per heavy atom. The molecule has 1 rings (SSSR count). The van der Waals surface area contributed by atoms with Gasteiger partial charge in [-0.05, 0) is 24.6 Å². The Hall–Kier alpha value is -0.450. The molecule has 0 unspecified atom stereocenters. The highest BCUT2D eigenvalue weighted by atomic mass is 35.7. The predicted molar refractivity (Wildman–Crippen MR) is 55.8 cm³/mol. The average Bonchev–Trinajstić information content (AvgIpc) is 2.01. The first kappa shape index (κ1) is 11.6. The molecule has 0 aromatic heterocycles. The van der Waals surface area contributed by atoms with Crippen LogP contribution in [0.3, 0.4) is 0 Å². The highest BCUT2D eigenvalue weighted by Gasteiger charge is 2.14. The van der Waals surface area contributed by atoms with Crippen LogP contribution >= 0.6 is 22.3 Å². The molecule has 3 nitrogen and oxygen atoms in total.